The highest BCUT2D eigenvalue weighted by Gasteiger charge is 2.11. The van der Waals surface area contributed by atoms with E-state index in [1.54, 1.807) is 4.68 Å². The van der Waals surface area contributed by atoms with Crippen LogP contribution < -0.4 is 5.32 Å². The molecule has 0 atom stereocenters. The van der Waals surface area contributed by atoms with E-state index in [0.717, 1.165) is 34.3 Å². The molecule has 142 valence electrons. The summed E-state index contributed by atoms with van der Waals surface area (Å²) in [5, 5.41) is 9.18. The Morgan fingerprint density at radius 3 is 2.82 bits per heavy atom. The van der Waals surface area contributed by atoms with Crippen LogP contribution in [0.1, 0.15) is 23.7 Å². The number of rotatable bonds is 6. The molecule has 2 aromatic carbocycles. The number of nitrogens with zero attached hydrogens (tertiary/aromatic N) is 2. The second-order valence-corrected chi connectivity index (χ2v) is 7.07. The van der Waals surface area contributed by atoms with E-state index in [1.165, 1.54) is 5.56 Å². The normalized spacial score (nSPS) is 11.1. The van der Waals surface area contributed by atoms with E-state index in [4.69, 9.17) is 11.6 Å². The van der Waals surface area contributed by atoms with Gasteiger partial charge in [-0.25, -0.2) is 4.68 Å². The Labute approximate surface area is 168 Å². The van der Waals surface area contributed by atoms with Gasteiger partial charge in [-0.15, -0.1) is 0 Å². The van der Waals surface area contributed by atoms with Crippen LogP contribution in [-0.4, -0.2) is 20.7 Å². The van der Waals surface area contributed by atoms with Gasteiger partial charge < -0.3 is 10.3 Å². The molecule has 6 heteroatoms. The van der Waals surface area contributed by atoms with E-state index in [0.29, 0.717) is 18.0 Å². The van der Waals surface area contributed by atoms with Crippen molar-refractivity contribution < 1.29 is 4.79 Å². The number of hydrogen-bond donors (Lipinski definition) is 2. The Balaban J connectivity index is 1.41. The fraction of sp³-hybridized carbons (Fsp3) is 0.182. The molecule has 2 heterocycles. The zero-order valence-corrected chi connectivity index (χ0v) is 16.3. The average molecular weight is 393 g/mol. The third kappa shape index (κ3) is 3.66. The molecule has 1 amide bonds. The molecule has 4 aromatic rings. The van der Waals surface area contributed by atoms with Crippen molar-refractivity contribution in [1.82, 2.24) is 20.1 Å². The third-order valence-corrected chi connectivity index (χ3v) is 5.15. The van der Waals surface area contributed by atoms with E-state index in [2.05, 4.69) is 34.5 Å². The quantitative estimate of drug-likeness (QED) is 0.510. The van der Waals surface area contributed by atoms with Crippen LogP contribution in [-0.2, 0) is 24.2 Å². The van der Waals surface area contributed by atoms with Gasteiger partial charge in [0.25, 0.3) is 0 Å². The predicted molar refractivity (Wildman–Crippen MR) is 112 cm³/mol. The number of para-hydroxylation sites is 2. The van der Waals surface area contributed by atoms with Crippen molar-refractivity contribution in [2.45, 2.75) is 26.3 Å². The van der Waals surface area contributed by atoms with Gasteiger partial charge in [-0.1, -0.05) is 48.9 Å². The van der Waals surface area contributed by atoms with Crippen LogP contribution in [0.4, 0.5) is 0 Å². The molecule has 2 N–H and O–H groups in total. The summed E-state index contributed by atoms with van der Waals surface area (Å²) in [5.74, 6) is -0.0323. The lowest BCUT2D eigenvalue weighted by atomic mass is 10.1. The highest BCUT2D eigenvalue weighted by Crippen LogP contribution is 2.23. The number of halogens is 1. The number of aromatic amines is 1. The average Bonchev–Trinajstić information content (AvgIpc) is 3.34. The summed E-state index contributed by atoms with van der Waals surface area (Å²) in [5.41, 5.74) is 4.97. The van der Waals surface area contributed by atoms with E-state index in [9.17, 15) is 4.79 Å². The highest BCUT2D eigenvalue weighted by atomic mass is 35.5. The maximum Gasteiger partial charge on any atom is 0.224 e. The molecule has 0 saturated heterocycles. The standard InChI is InChI=1S/C22H21ClN4O/c1-2-15-6-5-7-18-16(13-25-22(15)18)12-21(28)24-14-17-10-11-27(26-17)20-9-4-3-8-19(20)23/h3-11,13,25H,2,12,14H2,1H3,(H,24,28). The third-order valence-electron chi connectivity index (χ3n) is 4.83. The van der Waals surface area contributed by atoms with Gasteiger partial charge in [0, 0.05) is 23.3 Å². The molecule has 0 radical (unpaired) electrons. The van der Waals surface area contributed by atoms with Crippen molar-refractivity contribution in [3.05, 3.63) is 82.8 Å². The maximum atomic E-state index is 12.4. The number of nitrogens with one attached hydrogen (secondary N) is 2. The number of fused-ring (bicyclic) bond motifs is 1. The molecule has 28 heavy (non-hydrogen) atoms. The number of carbonyl (C=O) groups excluding carboxylic acids is 1. The molecule has 2 aromatic heterocycles. The van der Waals surface area contributed by atoms with Crippen LogP contribution in [0.5, 0.6) is 0 Å². The van der Waals surface area contributed by atoms with E-state index in [-0.39, 0.29) is 5.91 Å². The van der Waals surface area contributed by atoms with Gasteiger partial charge in [0.05, 0.1) is 29.4 Å². The van der Waals surface area contributed by atoms with Crippen molar-refractivity contribution in [3.8, 4) is 5.69 Å². The molecule has 0 bridgehead atoms. The Kier molecular flexibility index (Phi) is 5.17. The van der Waals surface area contributed by atoms with Crippen molar-refractivity contribution >= 4 is 28.4 Å². The molecule has 0 aliphatic carbocycles. The Morgan fingerprint density at radius 1 is 1.14 bits per heavy atom. The molecule has 4 rings (SSSR count). The molecular weight excluding hydrogens is 372 g/mol. The molecular formula is C22H21ClN4O. The first kappa shape index (κ1) is 18.3. The van der Waals surface area contributed by atoms with E-state index >= 15 is 0 Å². The summed E-state index contributed by atoms with van der Waals surface area (Å²) in [4.78, 5) is 15.7. The summed E-state index contributed by atoms with van der Waals surface area (Å²) in [6.07, 6.45) is 5.06. The Morgan fingerprint density at radius 2 is 2.00 bits per heavy atom. The van der Waals surface area contributed by atoms with Crippen molar-refractivity contribution in [3.63, 3.8) is 0 Å². The first-order valence-corrected chi connectivity index (χ1v) is 9.67. The number of H-pyrrole nitrogens is 1. The van der Waals surface area contributed by atoms with Crippen LogP contribution in [0, 0.1) is 0 Å². The fourth-order valence-corrected chi connectivity index (χ4v) is 3.59. The van der Waals surface area contributed by atoms with Gasteiger partial charge in [-0.05, 0) is 35.7 Å². The Bertz CT molecular complexity index is 1130. The fourth-order valence-electron chi connectivity index (χ4n) is 3.37. The zero-order chi connectivity index (χ0) is 19.5. The SMILES string of the molecule is CCc1cccc2c(CC(=O)NCc3ccn(-c4ccccc4Cl)n3)c[nH]c12. The number of aryl methyl sites for hydroxylation is 1. The van der Waals surface area contributed by atoms with Crippen LogP contribution in [0.3, 0.4) is 0 Å². The van der Waals surface area contributed by atoms with E-state index in [1.807, 2.05) is 48.8 Å². The van der Waals surface area contributed by atoms with Crippen LogP contribution >= 0.6 is 11.6 Å². The largest absolute Gasteiger partial charge is 0.361 e. The first-order chi connectivity index (χ1) is 13.7. The number of carbonyl (C=O) groups is 1. The summed E-state index contributed by atoms with van der Waals surface area (Å²) in [6, 6.07) is 15.6. The number of benzene rings is 2. The number of hydrogen-bond acceptors (Lipinski definition) is 2. The molecule has 0 spiro atoms. The summed E-state index contributed by atoms with van der Waals surface area (Å²) < 4.78 is 1.72. The minimum Gasteiger partial charge on any atom is -0.361 e. The van der Waals surface area contributed by atoms with Gasteiger partial charge in [0.2, 0.25) is 5.91 Å². The minimum atomic E-state index is -0.0323. The van der Waals surface area contributed by atoms with Crippen LogP contribution in [0.2, 0.25) is 5.02 Å². The molecule has 5 nitrogen and oxygen atoms in total. The summed E-state index contributed by atoms with van der Waals surface area (Å²) in [7, 11) is 0. The molecule has 0 unspecified atom stereocenters. The van der Waals surface area contributed by atoms with Gasteiger partial charge in [0.15, 0.2) is 0 Å². The van der Waals surface area contributed by atoms with Gasteiger partial charge in [-0.3, -0.25) is 4.79 Å². The number of aromatic nitrogens is 3. The Hall–Kier alpha value is -3.05. The topological polar surface area (TPSA) is 62.7 Å². The summed E-state index contributed by atoms with van der Waals surface area (Å²) >= 11 is 6.21. The lowest BCUT2D eigenvalue weighted by molar-refractivity contribution is -0.120. The second kappa shape index (κ2) is 7.90. The first-order valence-electron chi connectivity index (χ1n) is 9.29. The molecule has 0 aliphatic rings. The van der Waals surface area contributed by atoms with Crippen molar-refractivity contribution in [2.75, 3.05) is 0 Å². The molecule has 0 fully saturated rings. The van der Waals surface area contributed by atoms with Crippen molar-refractivity contribution in [2.24, 2.45) is 0 Å². The number of amides is 1. The van der Waals surface area contributed by atoms with Crippen molar-refractivity contribution in [1.29, 1.82) is 0 Å². The predicted octanol–water partition coefficient (Wildman–Crippen LogP) is 4.43. The molecule has 0 saturated carbocycles. The zero-order valence-electron chi connectivity index (χ0n) is 15.6. The monoisotopic (exact) mass is 392 g/mol. The lowest BCUT2D eigenvalue weighted by Gasteiger charge is -2.05. The second-order valence-electron chi connectivity index (χ2n) is 6.66. The molecule has 0 aliphatic heterocycles. The van der Waals surface area contributed by atoms with Gasteiger partial charge in [-0.2, -0.15) is 5.10 Å². The minimum absolute atomic E-state index is 0.0323. The smallest absolute Gasteiger partial charge is 0.224 e. The highest BCUT2D eigenvalue weighted by molar-refractivity contribution is 6.32. The lowest BCUT2D eigenvalue weighted by Crippen LogP contribution is -2.24. The van der Waals surface area contributed by atoms with Crippen LogP contribution in [0.25, 0.3) is 16.6 Å². The van der Waals surface area contributed by atoms with Crippen LogP contribution in [0.15, 0.2) is 60.9 Å². The van der Waals surface area contributed by atoms with Gasteiger partial charge >= 0.3 is 0 Å². The summed E-state index contributed by atoms with van der Waals surface area (Å²) in [6.45, 7) is 2.50. The van der Waals surface area contributed by atoms with E-state index < -0.39 is 0 Å². The van der Waals surface area contributed by atoms with Gasteiger partial charge in [0.1, 0.15) is 0 Å². The maximum absolute atomic E-state index is 12.4.